The van der Waals surface area contributed by atoms with Crippen LogP contribution in [0.5, 0.6) is 0 Å². The second kappa shape index (κ2) is 6.98. The van der Waals surface area contributed by atoms with Crippen LogP contribution in [0.1, 0.15) is 5.56 Å². The third-order valence-electron chi connectivity index (χ3n) is 3.99. The second-order valence-electron chi connectivity index (χ2n) is 5.83. The van der Waals surface area contributed by atoms with E-state index in [0.29, 0.717) is 16.5 Å². The summed E-state index contributed by atoms with van der Waals surface area (Å²) in [5, 5.41) is 8.05. The lowest BCUT2D eigenvalue weighted by Crippen LogP contribution is -2.15. The Hall–Kier alpha value is -3.18. The summed E-state index contributed by atoms with van der Waals surface area (Å²) in [5.74, 6) is 0.349. The van der Waals surface area contributed by atoms with Crippen LogP contribution in [0.15, 0.2) is 73.1 Å². The van der Waals surface area contributed by atoms with E-state index in [1.807, 2.05) is 42.5 Å². The van der Waals surface area contributed by atoms with Crippen LogP contribution in [0.4, 0.5) is 5.82 Å². The molecule has 4 rings (SSSR count). The first kappa shape index (κ1) is 16.3. The zero-order valence-corrected chi connectivity index (χ0v) is 14.5. The maximum absolute atomic E-state index is 12.5. The number of anilines is 1. The number of carbonyl (C=O) groups excluding carboxylic acids is 1. The van der Waals surface area contributed by atoms with Gasteiger partial charge in [0.1, 0.15) is 0 Å². The number of halogens is 1. The Bertz CT molecular complexity index is 1060. The zero-order chi connectivity index (χ0) is 17.9. The molecule has 0 aliphatic heterocycles. The number of rotatable bonds is 4. The Balaban J connectivity index is 1.71. The standard InChI is InChI=1S/C20H15ClN4O/c21-16-9-7-15(8-10-16)18-19(24-25-12-4-11-22-20(18)25)23-17(26)13-14-5-2-1-3-6-14/h1-12H,13H2,(H,23,24,26). The maximum atomic E-state index is 12.5. The fraction of sp³-hybridized carbons (Fsp3) is 0.0500. The molecule has 0 saturated carbocycles. The molecule has 26 heavy (non-hydrogen) atoms. The molecule has 2 aromatic carbocycles. The number of hydrogen-bond donors (Lipinski definition) is 1. The fourth-order valence-electron chi connectivity index (χ4n) is 2.81. The van der Waals surface area contributed by atoms with Crippen LogP contribution in [-0.2, 0) is 11.2 Å². The summed E-state index contributed by atoms with van der Waals surface area (Å²) in [5.41, 5.74) is 3.27. The van der Waals surface area contributed by atoms with E-state index in [2.05, 4.69) is 15.4 Å². The van der Waals surface area contributed by atoms with Crippen molar-refractivity contribution >= 4 is 29.0 Å². The van der Waals surface area contributed by atoms with E-state index in [-0.39, 0.29) is 12.3 Å². The number of nitrogens with one attached hydrogen (secondary N) is 1. The van der Waals surface area contributed by atoms with Gasteiger partial charge in [-0.15, -0.1) is 5.10 Å². The quantitative estimate of drug-likeness (QED) is 0.591. The largest absolute Gasteiger partial charge is 0.308 e. The molecule has 0 spiro atoms. The summed E-state index contributed by atoms with van der Waals surface area (Å²) in [6.07, 6.45) is 3.78. The number of carbonyl (C=O) groups is 1. The van der Waals surface area contributed by atoms with Gasteiger partial charge in [-0.2, -0.15) is 0 Å². The minimum absolute atomic E-state index is 0.130. The topological polar surface area (TPSA) is 59.3 Å². The lowest BCUT2D eigenvalue weighted by atomic mass is 10.1. The predicted molar refractivity (Wildman–Crippen MR) is 102 cm³/mol. The third kappa shape index (κ3) is 3.30. The lowest BCUT2D eigenvalue weighted by molar-refractivity contribution is -0.115. The van der Waals surface area contributed by atoms with Crippen LogP contribution in [0, 0.1) is 0 Å². The number of hydrogen-bond acceptors (Lipinski definition) is 3. The molecule has 1 amide bonds. The molecule has 0 fully saturated rings. The zero-order valence-electron chi connectivity index (χ0n) is 13.8. The predicted octanol–water partition coefficient (Wildman–Crippen LogP) is 4.23. The first-order valence-corrected chi connectivity index (χ1v) is 8.51. The number of benzene rings is 2. The van der Waals surface area contributed by atoms with Gasteiger partial charge in [0, 0.05) is 17.4 Å². The third-order valence-corrected chi connectivity index (χ3v) is 4.25. The molecular formula is C20H15ClN4O. The highest BCUT2D eigenvalue weighted by Gasteiger charge is 2.17. The van der Waals surface area contributed by atoms with Crippen LogP contribution in [0.2, 0.25) is 5.02 Å². The van der Waals surface area contributed by atoms with Crippen molar-refractivity contribution in [3.05, 3.63) is 83.6 Å². The second-order valence-corrected chi connectivity index (χ2v) is 6.27. The molecule has 5 nitrogen and oxygen atoms in total. The van der Waals surface area contributed by atoms with Gasteiger partial charge in [0.05, 0.1) is 12.0 Å². The molecule has 2 aromatic heterocycles. The lowest BCUT2D eigenvalue weighted by Gasteiger charge is -2.06. The van der Waals surface area contributed by atoms with Crippen molar-refractivity contribution in [2.24, 2.45) is 0 Å². The average Bonchev–Trinajstić information content (AvgIpc) is 3.01. The van der Waals surface area contributed by atoms with Gasteiger partial charge in [-0.3, -0.25) is 4.79 Å². The Morgan fingerprint density at radius 2 is 1.81 bits per heavy atom. The summed E-state index contributed by atoms with van der Waals surface area (Å²) < 4.78 is 1.65. The first-order chi connectivity index (χ1) is 12.7. The van der Waals surface area contributed by atoms with E-state index in [4.69, 9.17) is 11.6 Å². The smallest absolute Gasteiger partial charge is 0.230 e. The monoisotopic (exact) mass is 362 g/mol. The van der Waals surface area contributed by atoms with Crippen LogP contribution >= 0.6 is 11.6 Å². The molecule has 0 aliphatic rings. The van der Waals surface area contributed by atoms with Gasteiger partial charge in [-0.25, -0.2) is 9.50 Å². The van der Waals surface area contributed by atoms with Crippen molar-refractivity contribution in [2.45, 2.75) is 6.42 Å². The Labute approximate surface area is 155 Å². The Kier molecular flexibility index (Phi) is 4.37. The summed E-state index contributed by atoms with van der Waals surface area (Å²) >= 11 is 6.00. The molecule has 0 bridgehead atoms. The highest BCUT2D eigenvalue weighted by molar-refractivity contribution is 6.30. The van der Waals surface area contributed by atoms with Gasteiger partial charge < -0.3 is 5.32 Å². The molecule has 0 unspecified atom stereocenters. The van der Waals surface area contributed by atoms with Crippen molar-refractivity contribution in [1.29, 1.82) is 0 Å². The van der Waals surface area contributed by atoms with Crippen molar-refractivity contribution in [3.63, 3.8) is 0 Å². The van der Waals surface area contributed by atoms with Crippen LogP contribution < -0.4 is 5.32 Å². The van der Waals surface area contributed by atoms with E-state index < -0.39 is 0 Å². The summed E-state index contributed by atoms with van der Waals surface area (Å²) in [4.78, 5) is 16.9. The molecule has 128 valence electrons. The number of amides is 1. The van der Waals surface area contributed by atoms with Gasteiger partial charge in [-0.05, 0) is 29.3 Å². The number of nitrogens with zero attached hydrogens (tertiary/aromatic N) is 3. The Morgan fingerprint density at radius 3 is 2.58 bits per heavy atom. The van der Waals surface area contributed by atoms with Crippen LogP contribution in [0.3, 0.4) is 0 Å². The van der Waals surface area contributed by atoms with Crippen molar-refractivity contribution in [3.8, 4) is 11.1 Å². The van der Waals surface area contributed by atoms with Crippen molar-refractivity contribution < 1.29 is 4.79 Å². The SMILES string of the molecule is O=C(Cc1ccccc1)Nc1nn2cccnc2c1-c1ccc(Cl)cc1. The molecule has 2 heterocycles. The van der Waals surface area contributed by atoms with E-state index >= 15 is 0 Å². The molecule has 0 atom stereocenters. The molecule has 0 saturated heterocycles. The van der Waals surface area contributed by atoms with E-state index in [9.17, 15) is 4.79 Å². The average molecular weight is 363 g/mol. The van der Waals surface area contributed by atoms with Crippen LogP contribution in [-0.4, -0.2) is 20.5 Å². The first-order valence-electron chi connectivity index (χ1n) is 8.14. The molecule has 6 heteroatoms. The highest BCUT2D eigenvalue weighted by Crippen LogP contribution is 2.31. The van der Waals surface area contributed by atoms with Gasteiger partial charge in [0.15, 0.2) is 11.5 Å². The molecule has 4 aromatic rings. The minimum atomic E-state index is -0.130. The molecule has 0 radical (unpaired) electrons. The highest BCUT2D eigenvalue weighted by atomic mass is 35.5. The maximum Gasteiger partial charge on any atom is 0.230 e. The van der Waals surface area contributed by atoms with Crippen molar-refractivity contribution in [1.82, 2.24) is 14.6 Å². The van der Waals surface area contributed by atoms with Gasteiger partial charge >= 0.3 is 0 Å². The van der Waals surface area contributed by atoms with Gasteiger partial charge in [-0.1, -0.05) is 54.1 Å². The fourth-order valence-corrected chi connectivity index (χ4v) is 2.94. The van der Waals surface area contributed by atoms with Gasteiger partial charge in [0.25, 0.3) is 0 Å². The summed E-state index contributed by atoms with van der Waals surface area (Å²) in [6, 6.07) is 18.8. The molecule has 1 N–H and O–H groups in total. The number of aromatic nitrogens is 3. The molecular weight excluding hydrogens is 348 g/mol. The van der Waals surface area contributed by atoms with E-state index in [0.717, 1.165) is 16.7 Å². The van der Waals surface area contributed by atoms with E-state index in [1.165, 1.54) is 0 Å². The van der Waals surface area contributed by atoms with Crippen molar-refractivity contribution in [2.75, 3.05) is 5.32 Å². The summed E-state index contributed by atoms with van der Waals surface area (Å²) in [7, 11) is 0. The summed E-state index contributed by atoms with van der Waals surface area (Å²) in [6.45, 7) is 0. The molecule has 0 aliphatic carbocycles. The minimum Gasteiger partial charge on any atom is -0.308 e. The normalized spacial score (nSPS) is 10.8. The number of fused-ring (bicyclic) bond motifs is 1. The van der Waals surface area contributed by atoms with Crippen LogP contribution in [0.25, 0.3) is 16.8 Å². The Morgan fingerprint density at radius 1 is 1.04 bits per heavy atom. The van der Waals surface area contributed by atoms with E-state index in [1.54, 1.807) is 35.1 Å². The van der Waals surface area contributed by atoms with Gasteiger partial charge in [0.2, 0.25) is 5.91 Å².